The molecule has 0 spiro atoms. The first-order chi connectivity index (χ1) is 12.6. The molecule has 2 aromatic rings. The largest absolute Gasteiger partial charge is 0.333 e. The van der Waals surface area contributed by atoms with Gasteiger partial charge in [0.25, 0.3) is 5.91 Å². The molecule has 5 nitrogen and oxygen atoms in total. The van der Waals surface area contributed by atoms with Crippen LogP contribution in [-0.4, -0.2) is 29.9 Å². The molecule has 1 atom stereocenters. The third-order valence-electron chi connectivity index (χ3n) is 4.75. The summed E-state index contributed by atoms with van der Waals surface area (Å²) in [6.07, 6.45) is 0.721. The van der Waals surface area contributed by atoms with Crippen LogP contribution < -0.4 is 10.6 Å². The summed E-state index contributed by atoms with van der Waals surface area (Å²) in [5.74, 6) is -0.612. The summed E-state index contributed by atoms with van der Waals surface area (Å²) in [5, 5.41) is 5.37. The molecule has 2 aliphatic rings. The van der Waals surface area contributed by atoms with Crippen molar-refractivity contribution in [1.82, 2.24) is 15.5 Å². The standard InChI is InChI=1S/C20H18FN3O2/c21-15-9-5-4-8-14(15)18-17-16(22-20(26)23-18)12-24(19(17)25)11-10-13-6-2-1-3-7-13/h1-9,18H,10-12H2,(H2,22,23,26)/t18-/m1/s1. The molecular weight excluding hydrogens is 333 g/mol. The first-order valence-electron chi connectivity index (χ1n) is 8.51. The van der Waals surface area contributed by atoms with Crippen molar-refractivity contribution in [3.63, 3.8) is 0 Å². The highest BCUT2D eigenvalue weighted by Crippen LogP contribution is 2.33. The number of rotatable bonds is 4. The molecule has 2 aliphatic heterocycles. The Bertz CT molecular complexity index is 895. The number of nitrogens with zero attached hydrogens (tertiary/aromatic N) is 1. The van der Waals surface area contributed by atoms with Crippen molar-refractivity contribution in [3.8, 4) is 0 Å². The minimum absolute atomic E-state index is 0.170. The summed E-state index contributed by atoms with van der Waals surface area (Å²) in [6.45, 7) is 0.870. The van der Waals surface area contributed by atoms with Crippen LogP contribution in [0.5, 0.6) is 0 Å². The predicted octanol–water partition coefficient (Wildman–Crippen LogP) is 2.52. The summed E-state index contributed by atoms with van der Waals surface area (Å²) in [4.78, 5) is 26.6. The highest BCUT2D eigenvalue weighted by atomic mass is 19.1. The normalized spacial score (nSPS) is 19.3. The van der Waals surface area contributed by atoms with Crippen LogP contribution in [0.1, 0.15) is 17.2 Å². The SMILES string of the molecule is O=C1NC2=C(C(=O)N(CCc3ccccc3)C2)[C@@H](c2ccccc2F)N1. The topological polar surface area (TPSA) is 61.4 Å². The number of carbonyl (C=O) groups excluding carboxylic acids is 2. The van der Waals surface area contributed by atoms with E-state index in [0.29, 0.717) is 29.9 Å². The van der Waals surface area contributed by atoms with Gasteiger partial charge in [-0.25, -0.2) is 9.18 Å². The van der Waals surface area contributed by atoms with Crippen LogP contribution in [0.15, 0.2) is 65.9 Å². The van der Waals surface area contributed by atoms with Crippen molar-refractivity contribution in [2.24, 2.45) is 0 Å². The van der Waals surface area contributed by atoms with Gasteiger partial charge < -0.3 is 15.5 Å². The number of urea groups is 1. The maximum absolute atomic E-state index is 14.2. The molecule has 0 bridgehead atoms. The number of carbonyl (C=O) groups is 2. The second-order valence-electron chi connectivity index (χ2n) is 6.41. The number of hydrogen-bond acceptors (Lipinski definition) is 2. The number of benzene rings is 2. The Kier molecular flexibility index (Phi) is 4.16. The van der Waals surface area contributed by atoms with Crippen LogP contribution in [0.3, 0.4) is 0 Å². The lowest BCUT2D eigenvalue weighted by Gasteiger charge is -2.25. The molecule has 6 heteroatoms. The predicted molar refractivity (Wildman–Crippen MR) is 94.6 cm³/mol. The maximum atomic E-state index is 14.2. The summed E-state index contributed by atoms with van der Waals surface area (Å²) in [5.41, 5.74) is 2.41. The van der Waals surface area contributed by atoms with Gasteiger partial charge >= 0.3 is 6.03 Å². The number of amides is 3. The van der Waals surface area contributed by atoms with Gasteiger partial charge in [0.2, 0.25) is 0 Å². The Balaban J connectivity index is 1.57. The van der Waals surface area contributed by atoms with Crippen molar-refractivity contribution in [3.05, 3.63) is 82.8 Å². The average molecular weight is 351 g/mol. The molecule has 2 heterocycles. The molecule has 0 saturated heterocycles. The van der Waals surface area contributed by atoms with Gasteiger partial charge in [-0.3, -0.25) is 4.79 Å². The molecule has 132 valence electrons. The zero-order chi connectivity index (χ0) is 18.1. The number of nitrogens with one attached hydrogen (secondary N) is 2. The third kappa shape index (κ3) is 2.94. The van der Waals surface area contributed by atoms with E-state index in [0.717, 1.165) is 12.0 Å². The molecule has 3 amide bonds. The van der Waals surface area contributed by atoms with Crippen LogP contribution in [0, 0.1) is 5.82 Å². The van der Waals surface area contributed by atoms with E-state index in [4.69, 9.17) is 0 Å². The molecule has 0 aromatic heterocycles. The summed E-state index contributed by atoms with van der Waals surface area (Å²) >= 11 is 0. The first-order valence-corrected chi connectivity index (χ1v) is 8.51. The van der Waals surface area contributed by atoms with E-state index in [2.05, 4.69) is 10.6 Å². The van der Waals surface area contributed by atoms with Crippen LogP contribution in [0.4, 0.5) is 9.18 Å². The van der Waals surface area contributed by atoms with Gasteiger partial charge in [0, 0.05) is 12.1 Å². The summed E-state index contributed by atoms with van der Waals surface area (Å²) in [7, 11) is 0. The minimum atomic E-state index is -0.769. The van der Waals surface area contributed by atoms with Gasteiger partial charge in [-0.15, -0.1) is 0 Å². The van der Waals surface area contributed by atoms with Crippen molar-refractivity contribution in [2.45, 2.75) is 12.5 Å². The Morgan fingerprint density at radius 2 is 1.77 bits per heavy atom. The molecule has 2 N–H and O–H groups in total. The zero-order valence-electron chi connectivity index (χ0n) is 14.0. The van der Waals surface area contributed by atoms with Crippen molar-refractivity contribution < 1.29 is 14.0 Å². The molecular formula is C20H18FN3O2. The van der Waals surface area contributed by atoms with Crippen molar-refractivity contribution in [2.75, 3.05) is 13.1 Å². The van der Waals surface area contributed by atoms with Crippen LogP contribution in [0.25, 0.3) is 0 Å². The molecule has 0 fully saturated rings. The van der Waals surface area contributed by atoms with E-state index in [9.17, 15) is 14.0 Å². The van der Waals surface area contributed by atoms with Gasteiger partial charge in [0.15, 0.2) is 0 Å². The molecule has 0 saturated carbocycles. The van der Waals surface area contributed by atoms with Gasteiger partial charge in [-0.2, -0.15) is 0 Å². The summed E-state index contributed by atoms with van der Waals surface area (Å²) in [6, 6.07) is 14.9. The fraction of sp³-hybridized carbons (Fsp3) is 0.200. The van der Waals surface area contributed by atoms with E-state index in [1.54, 1.807) is 23.1 Å². The third-order valence-corrected chi connectivity index (χ3v) is 4.75. The highest BCUT2D eigenvalue weighted by molar-refractivity contribution is 6.01. The molecule has 0 unspecified atom stereocenters. The summed E-state index contributed by atoms with van der Waals surface area (Å²) < 4.78 is 14.2. The lowest BCUT2D eigenvalue weighted by Crippen LogP contribution is -2.44. The van der Waals surface area contributed by atoms with Gasteiger partial charge in [0.05, 0.1) is 23.9 Å². The van der Waals surface area contributed by atoms with E-state index < -0.39 is 17.9 Å². The number of halogens is 1. The van der Waals surface area contributed by atoms with Crippen LogP contribution in [-0.2, 0) is 11.2 Å². The lowest BCUT2D eigenvalue weighted by atomic mass is 9.96. The van der Waals surface area contributed by atoms with E-state index in [-0.39, 0.29) is 5.91 Å². The van der Waals surface area contributed by atoms with Gasteiger partial charge in [-0.05, 0) is 18.1 Å². The molecule has 0 radical (unpaired) electrons. The fourth-order valence-corrected chi connectivity index (χ4v) is 3.46. The van der Waals surface area contributed by atoms with Gasteiger partial charge in [-0.1, -0.05) is 48.5 Å². The van der Waals surface area contributed by atoms with Gasteiger partial charge in [0.1, 0.15) is 5.82 Å². The van der Waals surface area contributed by atoms with E-state index >= 15 is 0 Å². The lowest BCUT2D eigenvalue weighted by molar-refractivity contribution is -0.125. The maximum Gasteiger partial charge on any atom is 0.319 e. The van der Waals surface area contributed by atoms with E-state index in [1.807, 2.05) is 30.3 Å². The highest BCUT2D eigenvalue weighted by Gasteiger charge is 2.40. The molecule has 2 aromatic carbocycles. The zero-order valence-corrected chi connectivity index (χ0v) is 14.0. The van der Waals surface area contributed by atoms with Crippen LogP contribution >= 0.6 is 0 Å². The Morgan fingerprint density at radius 1 is 1.04 bits per heavy atom. The molecule has 26 heavy (non-hydrogen) atoms. The quantitative estimate of drug-likeness (QED) is 0.889. The van der Waals surface area contributed by atoms with Crippen molar-refractivity contribution in [1.29, 1.82) is 0 Å². The van der Waals surface area contributed by atoms with Crippen molar-refractivity contribution >= 4 is 11.9 Å². The molecule has 0 aliphatic carbocycles. The second-order valence-corrected chi connectivity index (χ2v) is 6.41. The minimum Gasteiger partial charge on any atom is -0.333 e. The first kappa shape index (κ1) is 16.3. The smallest absolute Gasteiger partial charge is 0.319 e. The second kappa shape index (κ2) is 6.63. The number of hydrogen-bond donors (Lipinski definition) is 2. The fourth-order valence-electron chi connectivity index (χ4n) is 3.46. The Labute approximate surface area is 150 Å². The molecule has 4 rings (SSSR count). The Hall–Kier alpha value is -3.15. The average Bonchev–Trinajstić information content (AvgIpc) is 2.96. The van der Waals surface area contributed by atoms with Crippen LogP contribution in [0.2, 0.25) is 0 Å². The Morgan fingerprint density at radius 3 is 2.54 bits per heavy atom. The monoisotopic (exact) mass is 351 g/mol. The van der Waals surface area contributed by atoms with E-state index in [1.165, 1.54) is 6.07 Å².